The Bertz CT molecular complexity index is 475. The average molecular weight is 286 g/mol. The minimum absolute atomic E-state index is 0.0140. The van der Waals surface area contributed by atoms with E-state index in [0.717, 1.165) is 12.1 Å². The highest BCUT2D eigenvalue weighted by atomic mass is 16.1. The standard InChI is InChI=1S/C18H26N2O/c1-15(2)20(16(3)4)13-9-8-12-19-18(21)14-17-10-6-5-7-11-17/h5-7,10-11,15-16H,12-14H2,1-4H3,(H,19,21). The van der Waals surface area contributed by atoms with Crippen LogP contribution in [0.4, 0.5) is 0 Å². The maximum absolute atomic E-state index is 11.7. The monoisotopic (exact) mass is 286 g/mol. The summed E-state index contributed by atoms with van der Waals surface area (Å²) in [6.07, 6.45) is 0.409. The Kier molecular flexibility index (Phi) is 7.56. The molecule has 114 valence electrons. The zero-order valence-electron chi connectivity index (χ0n) is 13.5. The summed E-state index contributed by atoms with van der Waals surface area (Å²) >= 11 is 0. The van der Waals surface area contributed by atoms with Crippen molar-refractivity contribution in [2.75, 3.05) is 13.1 Å². The fourth-order valence-corrected chi connectivity index (χ4v) is 2.16. The number of benzene rings is 1. The molecule has 0 bridgehead atoms. The topological polar surface area (TPSA) is 32.3 Å². The Morgan fingerprint density at radius 2 is 1.71 bits per heavy atom. The van der Waals surface area contributed by atoms with E-state index in [0.29, 0.717) is 25.0 Å². The number of nitrogens with one attached hydrogen (secondary N) is 1. The van der Waals surface area contributed by atoms with Crippen LogP contribution in [0.1, 0.15) is 33.3 Å². The smallest absolute Gasteiger partial charge is 0.225 e. The van der Waals surface area contributed by atoms with Crippen molar-refractivity contribution < 1.29 is 4.79 Å². The van der Waals surface area contributed by atoms with E-state index in [2.05, 4.69) is 49.8 Å². The summed E-state index contributed by atoms with van der Waals surface area (Å²) in [5.41, 5.74) is 1.02. The summed E-state index contributed by atoms with van der Waals surface area (Å²) in [4.78, 5) is 14.1. The predicted octanol–water partition coefficient (Wildman–Crippen LogP) is 2.47. The van der Waals surface area contributed by atoms with Crippen LogP contribution in [0.5, 0.6) is 0 Å². The summed E-state index contributed by atoms with van der Waals surface area (Å²) in [5.74, 6) is 6.16. The van der Waals surface area contributed by atoms with Crippen LogP contribution in [0.15, 0.2) is 30.3 Å². The molecular weight excluding hydrogens is 260 g/mol. The van der Waals surface area contributed by atoms with Crippen LogP contribution < -0.4 is 5.32 Å². The first-order valence-corrected chi connectivity index (χ1v) is 7.52. The van der Waals surface area contributed by atoms with E-state index in [9.17, 15) is 4.79 Å². The Morgan fingerprint density at radius 3 is 2.29 bits per heavy atom. The molecule has 0 spiro atoms. The van der Waals surface area contributed by atoms with E-state index in [1.165, 1.54) is 0 Å². The third kappa shape index (κ3) is 6.97. The highest BCUT2D eigenvalue weighted by molar-refractivity contribution is 5.78. The van der Waals surface area contributed by atoms with Crippen molar-refractivity contribution in [2.24, 2.45) is 0 Å². The molecule has 0 fully saturated rings. The number of rotatable bonds is 6. The lowest BCUT2D eigenvalue weighted by molar-refractivity contribution is -0.120. The summed E-state index contributed by atoms with van der Waals surface area (Å²) in [5, 5.41) is 2.83. The van der Waals surface area contributed by atoms with Gasteiger partial charge in [0.05, 0.1) is 19.5 Å². The van der Waals surface area contributed by atoms with Crippen LogP contribution in [0.2, 0.25) is 0 Å². The number of hydrogen-bond acceptors (Lipinski definition) is 2. The first kappa shape index (κ1) is 17.3. The molecule has 0 saturated carbocycles. The molecule has 3 heteroatoms. The van der Waals surface area contributed by atoms with Crippen molar-refractivity contribution in [3.05, 3.63) is 35.9 Å². The number of nitrogens with zero attached hydrogens (tertiary/aromatic N) is 1. The van der Waals surface area contributed by atoms with Gasteiger partial charge in [0.25, 0.3) is 0 Å². The molecule has 3 nitrogen and oxygen atoms in total. The molecule has 0 radical (unpaired) electrons. The molecule has 0 atom stereocenters. The van der Waals surface area contributed by atoms with Crippen LogP contribution in [-0.2, 0) is 11.2 Å². The number of amides is 1. The highest BCUT2D eigenvalue weighted by Crippen LogP contribution is 2.03. The second-order valence-electron chi connectivity index (χ2n) is 5.65. The van der Waals surface area contributed by atoms with Gasteiger partial charge in [-0.2, -0.15) is 0 Å². The van der Waals surface area contributed by atoms with E-state index in [1.807, 2.05) is 30.3 Å². The number of carbonyl (C=O) groups excluding carboxylic acids is 1. The van der Waals surface area contributed by atoms with Crippen LogP contribution in [-0.4, -0.2) is 36.0 Å². The Labute approximate surface area is 128 Å². The lowest BCUT2D eigenvalue weighted by atomic mass is 10.1. The quantitative estimate of drug-likeness (QED) is 0.815. The maximum Gasteiger partial charge on any atom is 0.225 e. The van der Waals surface area contributed by atoms with Gasteiger partial charge in [-0.15, -0.1) is 0 Å². The maximum atomic E-state index is 11.7. The highest BCUT2D eigenvalue weighted by Gasteiger charge is 2.10. The fourth-order valence-electron chi connectivity index (χ4n) is 2.16. The second-order valence-corrected chi connectivity index (χ2v) is 5.65. The average Bonchev–Trinajstić information content (AvgIpc) is 2.42. The third-order valence-corrected chi connectivity index (χ3v) is 3.29. The summed E-state index contributed by atoms with van der Waals surface area (Å²) in [6.45, 7) is 9.83. The van der Waals surface area contributed by atoms with Crippen molar-refractivity contribution in [1.82, 2.24) is 10.2 Å². The van der Waals surface area contributed by atoms with Crippen molar-refractivity contribution in [2.45, 2.75) is 46.2 Å². The van der Waals surface area contributed by atoms with E-state index in [-0.39, 0.29) is 5.91 Å². The van der Waals surface area contributed by atoms with E-state index in [4.69, 9.17) is 0 Å². The summed E-state index contributed by atoms with van der Waals surface area (Å²) in [7, 11) is 0. The zero-order chi connectivity index (χ0) is 15.7. The molecule has 0 aromatic heterocycles. The third-order valence-electron chi connectivity index (χ3n) is 3.29. The summed E-state index contributed by atoms with van der Waals surface area (Å²) in [6, 6.07) is 10.7. The van der Waals surface area contributed by atoms with Crippen LogP contribution in [0, 0.1) is 11.8 Å². The van der Waals surface area contributed by atoms with Crippen molar-refractivity contribution in [1.29, 1.82) is 0 Å². The molecule has 0 heterocycles. The molecule has 1 amide bonds. The van der Waals surface area contributed by atoms with E-state index in [1.54, 1.807) is 0 Å². The van der Waals surface area contributed by atoms with Gasteiger partial charge in [-0.1, -0.05) is 42.2 Å². The first-order chi connectivity index (χ1) is 10.0. The Hall–Kier alpha value is -1.79. The van der Waals surface area contributed by atoms with Gasteiger partial charge in [-0.25, -0.2) is 0 Å². The second kappa shape index (κ2) is 9.20. The molecule has 21 heavy (non-hydrogen) atoms. The molecule has 1 N–H and O–H groups in total. The minimum atomic E-state index is 0.0140. The molecular formula is C18H26N2O. The zero-order valence-corrected chi connectivity index (χ0v) is 13.5. The van der Waals surface area contributed by atoms with Gasteiger partial charge in [0.15, 0.2) is 0 Å². The Morgan fingerprint density at radius 1 is 1.10 bits per heavy atom. The van der Waals surface area contributed by atoms with Crippen molar-refractivity contribution in [3.63, 3.8) is 0 Å². The Balaban J connectivity index is 2.30. The van der Waals surface area contributed by atoms with Gasteiger partial charge in [0.1, 0.15) is 0 Å². The van der Waals surface area contributed by atoms with E-state index >= 15 is 0 Å². The molecule has 0 aliphatic rings. The van der Waals surface area contributed by atoms with Crippen molar-refractivity contribution in [3.8, 4) is 11.8 Å². The molecule has 1 aromatic rings. The largest absolute Gasteiger partial charge is 0.345 e. The van der Waals surface area contributed by atoms with Crippen LogP contribution in [0.3, 0.4) is 0 Å². The van der Waals surface area contributed by atoms with E-state index < -0.39 is 0 Å². The molecule has 0 saturated heterocycles. The van der Waals surface area contributed by atoms with Gasteiger partial charge in [0, 0.05) is 12.1 Å². The van der Waals surface area contributed by atoms with Crippen LogP contribution >= 0.6 is 0 Å². The molecule has 0 aliphatic carbocycles. The summed E-state index contributed by atoms with van der Waals surface area (Å²) < 4.78 is 0. The number of hydrogen-bond donors (Lipinski definition) is 1. The van der Waals surface area contributed by atoms with Gasteiger partial charge in [-0.3, -0.25) is 9.69 Å². The SMILES string of the molecule is CC(C)N(CC#CCNC(=O)Cc1ccccc1)C(C)C. The lowest BCUT2D eigenvalue weighted by Crippen LogP contribution is -2.37. The number of carbonyl (C=O) groups is 1. The van der Waals surface area contributed by atoms with Gasteiger partial charge in [0.2, 0.25) is 5.91 Å². The van der Waals surface area contributed by atoms with Crippen LogP contribution in [0.25, 0.3) is 0 Å². The first-order valence-electron chi connectivity index (χ1n) is 7.52. The lowest BCUT2D eigenvalue weighted by Gasteiger charge is -2.28. The van der Waals surface area contributed by atoms with Gasteiger partial charge < -0.3 is 5.32 Å². The molecule has 0 aliphatic heterocycles. The van der Waals surface area contributed by atoms with Gasteiger partial charge >= 0.3 is 0 Å². The normalized spacial score (nSPS) is 10.6. The predicted molar refractivity (Wildman–Crippen MR) is 87.9 cm³/mol. The van der Waals surface area contributed by atoms with Crippen molar-refractivity contribution >= 4 is 5.91 Å². The minimum Gasteiger partial charge on any atom is -0.345 e. The molecule has 0 unspecified atom stereocenters. The fraction of sp³-hybridized carbons (Fsp3) is 0.500. The molecule has 1 aromatic carbocycles. The molecule has 1 rings (SSSR count). The van der Waals surface area contributed by atoms with Gasteiger partial charge in [-0.05, 0) is 33.3 Å².